The van der Waals surface area contributed by atoms with E-state index in [-0.39, 0.29) is 24.0 Å². The van der Waals surface area contributed by atoms with Gasteiger partial charge in [0.15, 0.2) is 0 Å². The number of carbonyl (C=O) groups is 1. The number of methoxy groups -OCH3 is 1. The van der Waals surface area contributed by atoms with Gasteiger partial charge in [0.25, 0.3) is 0 Å². The van der Waals surface area contributed by atoms with Crippen molar-refractivity contribution >= 4 is 39.1 Å². The predicted molar refractivity (Wildman–Crippen MR) is 130 cm³/mol. The topological polar surface area (TPSA) is 75.7 Å². The van der Waals surface area contributed by atoms with Crippen molar-refractivity contribution in [2.45, 2.75) is 24.4 Å². The smallest absolute Gasteiger partial charge is 0.243 e. The summed E-state index contributed by atoms with van der Waals surface area (Å²) in [6, 6.07) is 19.7. The Hall–Kier alpha value is -2.58. The van der Waals surface area contributed by atoms with E-state index in [1.807, 2.05) is 19.1 Å². The van der Waals surface area contributed by atoms with E-state index in [0.29, 0.717) is 21.4 Å². The highest BCUT2D eigenvalue weighted by Crippen LogP contribution is 2.22. The SMILES string of the molecule is COc1ccc([C@@H](C)NC(=O)CN(Cc2cccc(Cl)c2)S(=O)(=O)c2ccc(Cl)cc2)cc1. The normalized spacial score (nSPS) is 12.4. The number of hydrogen-bond donors (Lipinski definition) is 1. The van der Waals surface area contributed by atoms with Crippen LogP contribution in [0, 0.1) is 0 Å². The summed E-state index contributed by atoms with van der Waals surface area (Å²) in [5.41, 5.74) is 1.53. The third-order valence-corrected chi connectivity index (χ3v) is 7.31. The van der Waals surface area contributed by atoms with Crippen molar-refractivity contribution < 1.29 is 17.9 Å². The van der Waals surface area contributed by atoms with Gasteiger partial charge in [-0.1, -0.05) is 47.5 Å². The van der Waals surface area contributed by atoms with Gasteiger partial charge in [-0.15, -0.1) is 0 Å². The predicted octanol–water partition coefficient (Wildman–Crippen LogP) is 5.07. The molecular formula is C24H24Cl2N2O4S. The highest BCUT2D eigenvalue weighted by molar-refractivity contribution is 7.89. The number of hydrogen-bond acceptors (Lipinski definition) is 4. The van der Waals surface area contributed by atoms with Gasteiger partial charge < -0.3 is 10.1 Å². The summed E-state index contributed by atoms with van der Waals surface area (Å²) in [6.45, 7) is 1.45. The van der Waals surface area contributed by atoms with Gasteiger partial charge in [0.2, 0.25) is 15.9 Å². The lowest BCUT2D eigenvalue weighted by Crippen LogP contribution is -2.41. The first kappa shape index (κ1) is 25.1. The second kappa shape index (κ2) is 11.0. The molecule has 0 saturated heterocycles. The van der Waals surface area contributed by atoms with Crippen molar-refractivity contribution in [2.75, 3.05) is 13.7 Å². The molecule has 0 aliphatic carbocycles. The van der Waals surface area contributed by atoms with E-state index in [9.17, 15) is 13.2 Å². The fraction of sp³-hybridized carbons (Fsp3) is 0.208. The molecule has 0 aromatic heterocycles. The molecule has 0 unspecified atom stereocenters. The van der Waals surface area contributed by atoms with Crippen LogP contribution in [0.4, 0.5) is 0 Å². The molecule has 0 aliphatic rings. The van der Waals surface area contributed by atoms with Gasteiger partial charge in [-0.3, -0.25) is 4.79 Å². The van der Waals surface area contributed by atoms with Crippen LogP contribution in [0.2, 0.25) is 10.0 Å². The first-order valence-electron chi connectivity index (χ1n) is 10.1. The van der Waals surface area contributed by atoms with Crippen molar-refractivity contribution in [2.24, 2.45) is 0 Å². The van der Waals surface area contributed by atoms with E-state index in [1.54, 1.807) is 43.5 Å². The van der Waals surface area contributed by atoms with Gasteiger partial charge in [0, 0.05) is 16.6 Å². The number of amides is 1. The molecule has 33 heavy (non-hydrogen) atoms. The first-order valence-corrected chi connectivity index (χ1v) is 12.3. The Morgan fingerprint density at radius 3 is 2.27 bits per heavy atom. The van der Waals surface area contributed by atoms with Crippen LogP contribution in [-0.4, -0.2) is 32.3 Å². The summed E-state index contributed by atoms with van der Waals surface area (Å²) >= 11 is 12.0. The number of nitrogens with one attached hydrogen (secondary N) is 1. The molecule has 9 heteroatoms. The highest BCUT2D eigenvalue weighted by atomic mass is 35.5. The van der Waals surface area contributed by atoms with E-state index in [4.69, 9.17) is 27.9 Å². The largest absolute Gasteiger partial charge is 0.497 e. The summed E-state index contributed by atoms with van der Waals surface area (Å²) in [5, 5.41) is 3.76. The second-order valence-corrected chi connectivity index (χ2v) is 10.2. The maximum atomic E-state index is 13.4. The lowest BCUT2D eigenvalue weighted by molar-refractivity contribution is -0.122. The number of halogens is 2. The molecule has 3 rings (SSSR count). The molecule has 0 fully saturated rings. The third-order valence-electron chi connectivity index (χ3n) is 5.01. The number of ether oxygens (including phenoxy) is 1. The summed E-state index contributed by atoms with van der Waals surface area (Å²) in [6.07, 6.45) is 0. The van der Waals surface area contributed by atoms with Gasteiger partial charge in [-0.05, 0) is 66.6 Å². The first-order chi connectivity index (χ1) is 15.7. The molecule has 3 aromatic carbocycles. The summed E-state index contributed by atoms with van der Waals surface area (Å²) < 4.78 is 33.0. The molecule has 0 radical (unpaired) electrons. The van der Waals surface area contributed by atoms with Gasteiger partial charge in [-0.2, -0.15) is 4.31 Å². The molecule has 0 saturated carbocycles. The molecule has 0 aliphatic heterocycles. The van der Waals surface area contributed by atoms with Gasteiger partial charge in [0.05, 0.1) is 24.6 Å². The van der Waals surface area contributed by atoms with Crippen molar-refractivity contribution in [3.63, 3.8) is 0 Å². The van der Waals surface area contributed by atoms with Crippen LogP contribution in [0.3, 0.4) is 0 Å². The molecular weight excluding hydrogens is 483 g/mol. The number of sulfonamides is 1. The number of nitrogens with zero attached hydrogens (tertiary/aromatic N) is 1. The van der Waals surface area contributed by atoms with Crippen LogP contribution in [0.25, 0.3) is 0 Å². The minimum atomic E-state index is -3.98. The maximum Gasteiger partial charge on any atom is 0.243 e. The van der Waals surface area contributed by atoms with Crippen LogP contribution in [-0.2, 0) is 21.4 Å². The fourth-order valence-corrected chi connectivity index (χ4v) is 4.97. The van der Waals surface area contributed by atoms with Gasteiger partial charge >= 0.3 is 0 Å². The van der Waals surface area contributed by atoms with Gasteiger partial charge in [0.1, 0.15) is 5.75 Å². The Morgan fingerprint density at radius 2 is 1.67 bits per heavy atom. The molecule has 1 N–H and O–H groups in total. The average molecular weight is 507 g/mol. The summed E-state index contributed by atoms with van der Waals surface area (Å²) in [7, 11) is -2.40. The third kappa shape index (κ3) is 6.71. The second-order valence-electron chi connectivity index (χ2n) is 7.42. The zero-order valence-electron chi connectivity index (χ0n) is 18.2. The van der Waals surface area contributed by atoms with Crippen molar-refractivity contribution in [1.29, 1.82) is 0 Å². The Labute approximate surface area is 204 Å². The molecule has 174 valence electrons. The van der Waals surface area contributed by atoms with E-state index in [2.05, 4.69) is 5.32 Å². The summed E-state index contributed by atoms with van der Waals surface area (Å²) in [5.74, 6) is 0.275. The average Bonchev–Trinajstić information content (AvgIpc) is 2.79. The van der Waals surface area contributed by atoms with Gasteiger partial charge in [-0.25, -0.2) is 8.42 Å². The number of benzene rings is 3. The fourth-order valence-electron chi connectivity index (χ4n) is 3.24. The molecule has 6 nitrogen and oxygen atoms in total. The Morgan fingerprint density at radius 1 is 1.00 bits per heavy atom. The molecule has 1 amide bonds. The van der Waals surface area contributed by atoms with E-state index >= 15 is 0 Å². The lowest BCUT2D eigenvalue weighted by atomic mass is 10.1. The van der Waals surface area contributed by atoms with Crippen molar-refractivity contribution in [3.8, 4) is 5.75 Å². The van der Waals surface area contributed by atoms with Crippen molar-refractivity contribution in [3.05, 3.63) is 94.0 Å². The quantitative estimate of drug-likeness (QED) is 0.439. The molecule has 3 aromatic rings. The molecule has 0 bridgehead atoms. The van der Waals surface area contributed by atoms with E-state index in [1.165, 1.54) is 24.3 Å². The van der Waals surface area contributed by atoms with Crippen LogP contribution in [0.5, 0.6) is 5.75 Å². The lowest BCUT2D eigenvalue weighted by Gasteiger charge is -2.23. The Bertz CT molecular complexity index is 1200. The number of rotatable bonds is 9. The maximum absolute atomic E-state index is 13.4. The van der Waals surface area contributed by atoms with E-state index in [0.717, 1.165) is 9.87 Å². The summed E-state index contributed by atoms with van der Waals surface area (Å²) in [4.78, 5) is 12.9. The van der Waals surface area contributed by atoms with Crippen LogP contribution in [0.15, 0.2) is 77.7 Å². The van der Waals surface area contributed by atoms with Crippen LogP contribution < -0.4 is 10.1 Å². The van der Waals surface area contributed by atoms with E-state index < -0.39 is 15.9 Å². The minimum absolute atomic E-state index is 0.0180. The van der Waals surface area contributed by atoms with Crippen LogP contribution >= 0.6 is 23.2 Å². The van der Waals surface area contributed by atoms with Crippen molar-refractivity contribution in [1.82, 2.24) is 9.62 Å². The monoisotopic (exact) mass is 506 g/mol. The Balaban J connectivity index is 1.82. The minimum Gasteiger partial charge on any atom is -0.497 e. The zero-order chi connectivity index (χ0) is 24.0. The zero-order valence-corrected chi connectivity index (χ0v) is 20.5. The number of carbonyl (C=O) groups excluding carboxylic acids is 1. The molecule has 0 heterocycles. The molecule has 1 atom stereocenters. The highest BCUT2D eigenvalue weighted by Gasteiger charge is 2.27. The molecule has 0 spiro atoms. The van der Waals surface area contributed by atoms with Crippen LogP contribution in [0.1, 0.15) is 24.1 Å². The standard InChI is InChI=1S/C24H24Cl2N2O4S/c1-17(19-6-10-22(32-2)11-7-19)27-24(29)16-28(15-18-4-3-5-21(26)14-18)33(30,31)23-12-8-20(25)9-13-23/h3-14,17H,15-16H2,1-2H3,(H,27,29)/t17-/m1/s1. The Kier molecular flexibility index (Phi) is 8.37.